The van der Waals surface area contributed by atoms with Crippen molar-refractivity contribution in [1.82, 2.24) is 4.98 Å². The standard InChI is InChI=1S/C12H11NO3S/c1-2-15-12(14)11-13-10-7-5-6-16-8(7)3-4-9(10)17-11/h5-6H,2-4H2,1H3. The van der Waals surface area contributed by atoms with Gasteiger partial charge in [0.2, 0.25) is 5.01 Å². The topological polar surface area (TPSA) is 52.3 Å². The Hall–Kier alpha value is -1.62. The Balaban J connectivity index is 2.02. The molecular formula is C12H11NO3S. The lowest BCUT2D eigenvalue weighted by Crippen LogP contribution is -2.03. The molecule has 0 amide bonds. The number of thiazole rings is 1. The van der Waals surface area contributed by atoms with Crippen molar-refractivity contribution in [3.63, 3.8) is 0 Å². The number of fused-ring (bicyclic) bond motifs is 3. The minimum absolute atomic E-state index is 0.336. The number of furan rings is 1. The molecule has 3 rings (SSSR count). The fraction of sp³-hybridized carbons (Fsp3) is 0.333. The molecule has 0 saturated heterocycles. The molecule has 0 radical (unpaired) electrons. The van der Waals surface area contributed by atoms with Crippen LogP contribution in [0.15, 0.2) is 16.7 Å². The number of aryl methyl sites for hydroxylation is 2. The maximum Gasteiger partial charge on any atom is 0.367 e. The van der Waals surface area contributed by atoms with Crippen LogP contribution in [0.1, 0.15) is 27.4 Å². The van der Waals surface area contributed by atoms with Crippen LogP contribution in [0.25, 0.3) is 11.3 Å². The van der Waals surface area contributed by atoms with Crippen LogP contribution >= 0.6 is 11.3 Å². The fourth-order valence-electron chi connectivity index (χ4n) is 1.98. The van der Waals surface area contributed by atoms with E-state index in [1.165, 1.54) is 11.3 Å². The SMILES string of the molecule is CCOC(=O)c1nc2c(s1)CCc1occc1-2. The zero-order valence-corrected chi connectivity index (χ0v) is 10.2. The highest BCUT2D eigenvalue weighted by atomic mass is 32.1. The number of rotatable bonds is 2. The van der Waals surface area contributed by atoms with Crippen molar-refractivity contribution in [3.8, 4) is 11.3 Å². The Labute approximate surface area is 102 Å². The molecule has 0 aromatic carbocycles. The van der Waals surface area contributed by atoms with Crippen LogP contribution in [-0.2, 0) is 17.6 Å². The van der Waals surface area contributed by atoms with Crippen LogP contribution in [0.5, 0.6) is 0 Å². The van der Waals surface area contributed by atoms with Gasteiger partial charge in [-0.25, -0.2) is 9.78 Å². The molecule has 2 aromatic heterocycles. The number of ether oxygens (including phenoxy) is 1. The second kappa shape index (κ2) is 4.00. The fourth-order valence-corrected chi connectivity index (χ4v) is 2.95. The molecule has 1 aliphatic rings. The molecule has 0 saturated carbocycles. The van der Waals surface area contributed by atoms with E-state index in [9.17, 15) is 4.79 Å². The summed E-state index contributed by atoms with van der Waals surface area (Å²) in [7, 11) is 0. The Bertz CT molecular complexity index is 570. The van der Waals surface area contributed by atoms with Crippen molar-refractivity contribution >= 4 is 17.3 Å². The Morgan fingerprint density at radius 3 is 3.29 bits per heavy atom. The lowest BCUT2D eigenvalue weighted by Gasteiger charge is -2.07. The smallest absolute Gasteiger partial charge is 0.367 e. The van der Waals surface area contributed by atoms with Crippen molar-refractivity contribution in [3.05, 3.63) is 28.0 Å². The molecule has 1 aliphatic carbocycles. The quantitative estimate of drug-likeness (QED) is 0.768. The molecule has 0 fully saturated rings. The number of aromatic nitrogens is 1. The highest BCUT2D eigenvalue weighted by Gasteiger charge is 2.25. The summed E-state index contributed by atoms with van der Waals surface area (Å²) in [5.74, 6) is 0.621. The van der Waals surface area contributed by atoms with Crippen molar-refractivity contribution in [2.45, 2.75) is 19.8 Å². The van der Waals surface area contributed by atoms with Crippen LogP contribution in [0.2, 0.25) is 0 Å². The molecule has 0 unspecified atom stereocenters. The number of hydrogen-bond donors (Lipinski definition) is 0. The maximum absolute atomic E-state index is 11.6. The molecule has 2 heterocycles. The van der Waals surface area contributed by atoms with E-state index in [0.29, 0.717) is 11.6 Å². The Kier molecular flexibility index (Phi) is 2.48. The van der Waals surface area contributed by atoms with Crippen molar-refractivity contribution < 1.29 is 13.9 Å². The molecule has 0 spiro atoms. The number of carbonyl (C=O) groups excluding carboxylic acids is 1. The Morgan fingerprint density at radius 1 is 1.59 bits per heavy atom. The monoisotopic (exact) mass is 249 g/mol. The van der Waals surface area contributed by atoms with Crippen LogP contribution in [-0.4, -0.2) is 17.6 Å². The van der Waals surface area contributed by atoms with E-state index in [1.54, 1.807) is 13.2 Å². The van der Waals surface area contributed by atoms with Gasteiger partial charge in [0.25, 0.3) is 0 Å². The molecular weight excluding hydrogens is 238 g/mol. The maximum atomic E-state index is 11.6. The van der Waals surface area contributed by atoms with E-state index in [4.69, 9.17) is 9.15 Å². The number of carbonyl (C=O) groups is 1. The molecule has 2 aromatic rings. The van der Waals surface area contributed by atoms with E-state index in [1.807, 2.05) is 6.07 Å². The van der Waals surface area contributed by atoms with Gasteiger partial charge >= 0.3 is 5.97 Å². The summed E-state index contributed by atoms with van der Waals surface area (Å²) in [6.45, 7) is 2.17. The van der Waals surface area contributed by atoms with E-state index < -0.39 is 0 Å². The Morgan fingerprint density at radius 2 is 2.47 bits per heavy atom. The minimum Gasteiger partial charge on any atom is -0.469 e. The van der Waals surface area contributed by atoms with Gasteiger partial charge in [0.15, 0.2) is 0 Å². The van der Waals surface area contributed by atoms with Gasteiger partial charge in [-0.05, 0) is 19.4 Å². The van der Waals surface area contributed by atoms with Gasteiger partial charge in [-0.1, -0.05) is 0 Å². The average Bonchev–Trinajstić information content (AvgIpc) is 2.94. The van der Waals surface area contributed by atoms with Crippen LogP contribution in [0.4, 0.5) is 0 Å². The van der Waals surface area contributed by atoms with Gasteiger partial charge in [-0.15, -0.1) is 11.3 Å². The van der Waals surface area contributed by atoms with Gasteiger partial charge in [-0.3, -0.25) is 0 Å². The summed E-state index contributed by atoms with van der Waals surface area (Å²) in [4.78, 5) is 17.1. The third kappa shape index (κ3) is 1.67. The molecule has 0 N–H and O–H groups in total. The summed E-state index contributed by atoms with van der Waals surface area (Å²) in [5, 5.41) is 0.436. The van der Waals surface area contributed by atoms with E-state index in [2.05, 4.69) is 4.98 Å². The molecule has 0 aliphatic heterocycles. The number of nitrogens with zero attached hydrogens (tertiary/aromatic N) is 1. The first-order chi connectivity index (χ1) is 8.29. The molecule has 88 valence electrons. The predicted octanol–water partition coefficient (Wildman–Crippen LogP) is 2.68. The first-order valence-electron chi connectivity index (χ1n) is 5.53. The zero-order chi connectivity index (χ0) is 11.8. The molecule has 5 heteroatoms. The predicted molar refractivity (Wildman–Crippen MR) is 63.2 cm³/mol. The van der Waals surface area contributed by atoms with Crippen LogP contribution in [0, 0.1) is 0 Å². The number of hydrogen-bond acceptors (Lipinski definition) is 5. The normalized spacial score (nSPS) is 13.0. The molecule has 4 nitrogen and oxygen atoms in total. The van der Waals surface area contributed by atoms with Crippen LogP contribution < -0.4 is 0 Å². The molecule has 0 bridgehead atoms. The third-order valence-corrected chi connectivity index (χ3v) is 3.82. The minimum atomic E-state index is -0.336. The van der Waals surface area contributed by atoms with E-state index in [0.717, 1.165) is 34.7 Å². The first-order valence-corrected chi connectivity index (χ1v) is 6.34. The molecule has 0 atom stereocenters. The van der Waals surface area contributed by atoms with E-state index >= 15 is 0 Å². The summed E-state index contributed by atoms with van der Waals surface area (Å²) >= 11 is 1.42. The van der Waals surface area contributed by atoms with Gasteiger partial charge in [0, 0.05) is 16.9 Å². The third-order valence-electron chi connectivity index (χ3n) is 2.73. The number of esters is 1. The summed E-state index contributed by atoms with van der Waals surface area (Å²) < 4.78 is 10.3. The highest BCUT2D eigenvalue weighted by molar-refractivity contribution is 7.14. The average molecular weight is 249 g/mol. The lowest BCUT2D eigenvalue weighted by molar-refractivity contribution is 0.0526. The van der Waals surface area contributed by atoms with Gasteiger partial charge < -0.3 is 9.15 Å². The zero-order valence-electron chi connectivity index (χ0n) is 9.36. The summed E-state index contributed by atoms with van der Waals surface area (Å²) in [5.41, 5.74) is 1.89. The summed E-state index contributed by atoms with van der Waals surface area (Å²) in [6, 6.07) is 1.90. The van der Waals surface area contributed by atoms with Gasteiger partial charge in [0.1, 0.15) is 5.76 Å². The lowest BCUT2D eigenvalue weighted by atomic mass is 10.0. The van der Waals surface area contributed by atoms with E-state index in [-0.39, 0.29) is 5.97 Å². The highest BCUT2D eigenvalue weighted by Crippen LogP contribution is 2.36. The van der Waals surface area contributed by atoms with Crippen molar-refractivity contribution in [1.29, 1.82) is 0 Å². The largest absolute Gasteiger partial charge is 0.469 e. The van der Waals surface area contributed by atoms with Crippen molar-refractivity contribution in [2.75, 3.05) is 6.61 Å². The summed E-state index contributed by atoms with van der Waals surface area (Å²) in [6.07, 6.45) is 3.43. The first kappa shape index (κ1) is 10.5. The van der Waals surface area contributed by atoms with Gasteiger partial charge in [0.05, 0.1) is 18.6 Å². The van der Waals surface area contributed by atoms with Crippen molar-refractivity contribution in [2.24, 2.45) is 0 Å². The molecule has 17 heavy (non-hydrogen) atoms. The second-order valence-electron chi connectivity index (χ2n) is 3.77. The second-order valence-corrected chi connectivity index (χ2v) is 4.85. The van der Waals surface area contributed by atoms with Crippen LogP contribution in [0.3, 0.4) is 0 Å². The van der Waals surface area contributed by atoms with Gasteiger partial charge in [-0.2, -0.15) is 0 Å².